The molecule has 0 heterocycles. The van der Waals surface area contributed by atoms with Gasteiger partial charge in [0.15, 0.2) is 0 Å². The van der Waals surface area contributed by atoms with Crippen LogP contribution in [0.25, 0.3) is 0 Å². The molecule has 1 rings (SSSR count). The second-order valence-corrected chi connectivity index (χ2v) is 3.10. The number of benzene rings is 1. The van der Waals surface area contributed by atoms with E-state index in [0.29, 0.717) is 24.3 Å². The van der Waals surface area contributed by atoms with Gasteiger partial charge in [-0.3, -0.25) is 4.79 Å². The predicted molar refractivity (Wildman–Crippen MR) is 56.4 cm³/mol. The average molecular weight is 193 g/mol. The highest BCUT2D eigenvalue weighted by Gasteiger charge is 2.07. The minimum absolute atomic E-state index is 0.185. The summed E-state index contributed by atoms with van der Waals surface area (Å²) in [5, 5.41) is 0. The number of nitrogens with two attached hydrogens (primary N) is 1. The molecule has 3 heteroatoms. The fourth-order valence-corrected chi connectivity index (χ4v) is 1.26. The molecule has 76 valence electrons. The van der Waals surface area contributed by atoms with E-state index in [0.717, 1.165) is 5.56 Å². The molecule has 0 aliphatic heterocycles. The Morgan fingerprint density at radius 1 is 1.50 bits per heavy atom. The summed E-state index contributed by atoms with van der Waals surface area (Å²) in [4.78, 5) is 11.2. The van der Waals surface area contributed by atoms with E-state index >= 15 is 0 Å². The van der Waals surface area contributed by atoms with Crippen molar-refractivity contribution in [2.24, 2.45) is 0 Å². The maximum atomic E-state index is 11.2. The largest absolute Gasteiger partial charge is 0.495 e. The number of Topliss-reactive ketones (excluding diaryl/α,β-unsaturated/α-hetero) is 1. The fraction of sp³-hybridized carbons (Fsp3) is 0.364. The first kappa shape index (κ1) is 10.6. The number of ether oxygens (including phenoxy) is 1. The van der Waals surface area contributed by atoms with Crippen LogP contribution in [0.2, 0.25) is 0 Å². The Hall–Kier alpha value is -1.51. The quantitative estimate of drug-likeness (QED) is 0.742. The van der Waals surface area contributed by atoms with E-state index < -0.39 is 0 Å². The Labute approximate surface area is 83.9 Å². The molecule has 0 aliphatic rings. The van der Waals surface area contributed by atoms with E-state index in [1.54, 1.807) is 13.2 Å². The monoisotopic (exact) mass is 193 g/mol. The molecule has 0 saturated heterocycles. The van der Waals surface area contributed by atoms with Gasteiger partial charge in [-0.15, -0.1) is 0 Å². The lowest BCUT2D eigenvalue weighted by Crippen LogP contribution is -2.04. The molecule has 0 unspecified atom stereocenters. The van der Waals surface area contributed by atoms with Crippen LogP contribution >= 0.6 is 0 Å². The summed E-state index contributed by atoms with van der Waals surface area (Å²) < 4.78 is 5.06. The highest BCUT2D eigenvalue weighted by atomic mass is 16.5. The number of methoxy groups -OCH3 is 1. The zero-order valence-electron chi connectivity index (χ0n) is 8.54. The van der Waals surface area contributed by atoms with E-state index in [1.165, 1.54) is 0 Å². The van der Waals surface area contributed by atoms with E-state index in [4.69, 9.17) is 10.5 Å². The predicted octanol–water partition coefficient (Wildman–Crippen LogP) is 1.80. The summed E-state index contributed by atoms with van der Waals surface area (Å²) in [6, 6.07) is 5.48. The van der Waals surface area contributed by atoms with E-state index in [2.05, 4.69) is 0 Å². The third-order valence-electron chi connectivity index (χ3n) is 2.16. The summed E-state index contributed by atoms with van der Waals surface area (Å²) in [5.74, 6) is 0.816. The second kappa shape index (κ2) is 4.65. The molecule has 3 nitrogen and oxygen atoms in total. The number of hydrogen-bond donors (Lipinski definition) is 1. The van der Waals surface area contributed by atoms with Gasteiger partial charge in [0.25, 0.3) is 0 Å². The van der Waals surface area contributed by atoms with Crippen LogP contribution < -0.4 is 10.5 Å². The Morgan fingerprint density at radius 3 is 2.79 bits per heavy atom. The van der Waals surface area contributed by atoms with Crippen molar-refractivity contribution in [3.63, 3.8) is 0 Å². The highest BCUT2D eigenvalue weighted by Crippen LogP contribution is 2.25. The molecule has 0 aromatic heterocycles. The van der Waals surface area contributed by atoms with Crippen molar-refractivity contribution in [3.8, 4) is 5.75 Å². The maximum absolute atomic E-state index is 11.2. The van der Waals surface area contributed by atoms with Crippen molar-refractivity contribution in [1.29, 1.82) is 0 Å². The van der Waals surface area contributed by atoms with Gasteiger partial charge in [0.2, 0.25) is 0 Å². The van der Waals surface area contributed by atoms with Crippen molar-refractivity contribution < 1.29 is 9.53 Å². The van der Waals surface area contributed by atoms with Gasteiger partial charge in [0, 0.05) is 12.8 Å². The number of rotatable bonds is 4. The number of nitrogen functional groups attached to an aromatic ring is 1. The van der Waals surface area contributed by atoms with Gasteiger partial charge in [-0.25, -0.2) is 0 Å². The zero-order chi connectivity index (χ0) is 10.6. The Bertz CT molecular complexity index is 334. The first-order valence-corrected chi connectivity index (χ1v) is 4.62. The van der Waals surface area contributed by atoms with Gasteiger partial charge in [-0.05, 0) is 11.6 Å². The maximum Gasteiger partial charge on any atom is 0.142 e. The van der Waals surface area contributed by atoms with Gasteiger partial charge in [-0.1, -0.05) is 19.1 Å². The van der Waals surface area contributed by atoms with Gasteiger partial charge < -0.3 is 10.5 Å². The number of ketones is 1. The van der Waals surface area contributed by atoms with Crippen LogP contribution in [0, 0.1) is 0 Å². The fourth-order valence-electron chi connectivity index (χ4n) is 1.26. The first-order chi connectivity index (χ1) is 6.69. The zero-order valence-corrected chi connectivity index (χ0v) is 8.54. The Morgan fingerprint density at radius 2 is 2.21 bits per heavy atom. The summed E-state index contributed by atoms with van der Waals surface area (Å²) in [7, 11) is 1.57. The third kappa shape index (κ3) is 2.25. The standard InChI is InChI=1S/C11H15NO2/c1-3-9(13)7-8-5-4-6-10(14-2)11(8)12/h4-6H,3,7,12H2,1-2H3. The lowest BCUT2D eigenvalue weighted by molar-refractivity contribution is -0.118. The topological polar surface area (TPSA) is 52.3 Å². The summed E-state index contributed by atoms with van der Waals surface area (Å²) in [6.07, 6.45) is 0.927. The van der Waals surface area contributed by atoms with Crippen LogP contribution in [0.15, 0.2) is 18.2 Å². The normalized spacial score (nSPS) is 9.86. The Kier molecular flexibility index (Phi) is 3.51. The van der Waals surface area contributed by atoms with Crippen LogP contribution in [0.3, 0.4) is 0 Å². The van der Waals surface area contributed by atoms with E-state index in [1.807, 2.05) is 19.1 Å². The van der Waals surface area contributed by atoms with Crippen LogP contribution in [-0.4, -0.2) is 12.9 Å². The molecule has 0 aliphatic carbocycles. The molecule has 1 aromatic rings. The molecule has 2 N–H and O–H groups in total. The van der Waals surface area contributed by atoms with Crippen LogP contribution in [0.4, 0.5) is 5.69 Å². The molecule has 0 saturated carbocycles. The number of carbonyl (C=O) groups is 1. The van der Waals surface area contributed by atoms with Crippen LogP contribution in [0.5, 0.6) is 5.75 Å². The van der Waals surface area contributed by atoms with E-state index in [9.17, 15) is 4.79 Å². The van der Waals surface area contributed by atoms with Crippen molar-refractivity contribution in [1.82, 2.24) is 0 Å². The van der Waals surface area contributed by atoms with Crippen LogP contribution in [-0.2, 0) is 11.2 Å². The molecule has 14 heavy (non-hydrogen) atoms. The van der Waals surface area contributed by atoms with Crippen LogP contribution in [0.1, 0.15) is 18.9 Å². The average Bonchev–Trinajstić information content (AvgIpc) is 2.21. The molecular weight excluding hydrogens is 178 g/mol. The molecule has 0 amide bonds. The number of carbonyl (C=O) groups excluding carboxylic acids is 1. The lowest BCUT2D eigenvalue weighted by atomic mass is 10.1. The van der Waals surface area contributed by atoms with Gasteiger partial charge in [0.1, 0.15) is 11.5 Å². The van der Waals surface area contributed by atoms with Gasteiger partial charge >= 0.3 is 0 Å². The summed E-state index contributed by atoms with van der Waals surface area (Å²) >= 11 is 0. The van der Waals surface area contributed by atoms with Gasteiger partial charge in [0.05, 0.1) is 12.8 Å². The molecule has 0 bridgehead atoms. The Balaban J connectivity index is 2.92. The van der Waals surface area contributed by atoms with Gasteiger partial charge in [-0.2, -0.15) is 0 Å². The molecule has 0 fully saturated rings. The molecule has 0 atom stereocenters. The third-order valence-corrected chi connectivity index (χ3v) is 2.16. The van der Waals surface area contributed by atoms with E-state index in [-0.39, 0.29) is 5.78 Å². The molecular formula is C11H15NO2. The number of anilines is 1. The first-order valence-electron chi connectivity index (χ1n) is 4.62. The molecule has 1 aromatic carbocycles. The van der Waals surface area contributed by atoms with Crippen molar-refractivity contribution in [3.05, 3.63) is 23.8 Å². The second-order valence-electron chi connectivity index (χ2n) is 3.10. The number of para-hydroxylation sites is 1. The SMILES string of the molecule is CCC(=O)Cc1cccc(OC)c1N. The van der Waals surface area contributed by atoms with Crippen molar-refractivity contribution in [2.75, 3.05) is 12.8 Å². The lowest BCUT2D eigenvalue weighted by Gasteiger charge is -2.08. The van der Waals surface area contributed by atoms with Crippen molar-refractivity contribution >= 4 is 11.5 Å². The van der Waals surface area contributed by atoms with Crippen molar-refractivity contribution in [2.45, 2.75) is 19.8 Å². The highest BCUT2D eigenvalue weighted by molar-refractivity contribution is 5.82. The summed E-state index contributed by atoms with van der Waals surface area (Å²) in [6.45, 7) is 1.85. The minimum Gasteiger partial charge on any atom is -0.495 e. The smallest absolute Gasteiger partial charge is 0.142 e. The minimum atomic E-state index is 0.185. The summed E-state index contributed by atoms with van der Waals surface area (Å²) in [5.41, 5.74) is 7.23. The molecule has 0 radical (unpaired) electrons. The number of hydrogen-bond acceptors (Lipinski definition) is 3. The molecule has 0 spiro atoms.